The minimum Gasteiger partial charge on any atom is -0.302 e. The van der Waals surface area contributed by atoms with Gasteiger partial charge in [-0.1, -0.05) is 6.08 Å². The second kappa shape index (κ2) is 4.88. The summed E-state index contributed by atoms with van der Waals surface area (Å²) < 4.78 is 1.07. The first-order valence-corrected chi connectivity index (χ1v) is 5.74. The van der Waals surface area contributed by atoms with E-state index in [0.29, 0.717) is 6.04 Å². The van der Waals surface area contributed by atoms with Crippen LogP contribution >= 0.6 is 27.3 Å². The normalized spacial score (nSPS) is 15.3. The fourth-order valence-electron chi connectivity index (χ4n) is 1.00. The smallest absolute Gasteiger partial charge is 0.110 e. The molecule has 13 heavy (non-hydrogen) atoms. The molecule has 0 radical (unpaired) electrons. The number of halogens is 1. The summed E-state index contributed by atoms with van der Waals surface area (Å²) in [4.78, 5) is 4.28. The quantitative estimate of drug-likeness (QED) is 0.842. The molecule has 1 N–H and O–H groups in total. The van der Waals surface area contributed by atoms with Crippen LogP contribution in [0.2, 0.25) is 0 Å². The second-order valence-electron chi connectivity index (χ2n) is 2.92. The fraction of sp³-hybridized carbons (Fsp3) is 0.444. The van der Waals surface area contributed by atoms with Crippen molar-refractivity contribution >= 4 is 27.3 Å². The molecule has 0 aliphatic rings. The van der Waals surface area contributed by atoms with E-state index in [0.717, 1.165) is 8.79 Å². The molecular weight excluding hydrogens is 248 g/mol. The first-order chi connectivity index (χ1) is 6.13. The van der Waals surface area contributed by atoms with Gasteiger partial charge in [-0.25, -0.2) is 4.98 Å². The topological polar surface area (TPSA) is 24.9 Å². The van der Waals surface area contributed by atoms with Gasteiger partial charge in [0.2, 0.25) is 0 Å². The summed E-state index contributed by atoms with van der Waals surface area (Å²) in [6.07, 6.45) is 3.72. The number of nitrogens with one attached hydrogen (secondary N) is 1. The zero-order valence-electron chi connectivity index (χ0n) is 7.75. The molecule has 0 amide bonds. The van der Waals surface area contributed by atoms with E-state index in [4.69, 9.17) is 0 Å². The third-order valence-corrected chi connectivity index (χ3v) is 3.39. The van der Waals surface area contributed by atoms with E-state index >= 15 is 0 Å². The van der Waals surface area contributed by atoms with E-state index in [9.17, 15) is 0 Å². The summed E-state index contributed by atoms with van der Waals surface area (Å²) in [5.74, 6) is 0. The maximum atomic E-state index is 4.28. The summed E-state index contributed by atoms with van der Waals surface area (Å²) in [7, 11) is 0. The van der Waals surface area contributed by atoms with Crippen molar-refractivity contribution in [3.63, 3.8) is 0 Å². The number of hydrogen-bond acceptors (Lipinski definition) is 3. The Morgan fingerprint density at radius 3 is 2.85 bits per heavy atom. The van der Waals surface area contributed by atoms with Gasteiger partial charge < -0.3 is 5.32 Å². The lowest BCUT2D eigenvalue weighted by Crippen LogP contribution is -2.26. The van der Waals surface area contributed by atoms with Crippen LogP contribution in [-0.4, -0.2) is 11.0 Å². The molecule has 2 atom stereocenters. The van der Waals surface area contributed by atoms with E-state index in [-0.39, 0.29) is 6.04 Å². The highest BCUT2D eigenvalue weighted by atomic mass is 79.9. The molecular formula is C9H13BrN2S. The molecule has 0 aromatic carbocycles. The molecule has 72 valence electrons. The van der Waals surface area contributed by atoms with Crippen LogP contribution < -0.4 is 5.32 Å². The third-order valence-electron chi connectivity index (χ3n) is 1.73. The summed E-state index contributed by atoms with van der Waals surface area (Å²) in [5.41, 5.74) is 0. The van der Waals surface area contributed by atoms with Crippen molar-refractivity contribution in [1.82, 2.24) is 10.3 Å². The van der Waals surface area contributed by atoms with Crippen LogP contribution in [0.15, 0.2) is 22.6 Å². The molecule has 0 spiro atoms. The van der Waals surface area contributed by atoms with E-state index in [1.54, 1.807) is 11.3 Å². The molecule has 0 saturated heterocycles. The Morgan fingerprint density at radius 1 is 1.69 bits per heavy atom. The Labute approximate surface area is 91.2 Å². The van der Waals surface area contributed by atoms with Crippen LogP contribution in [-0.2, 0) is 0 Å². The number of hydrogen-bond donors (Lipinski definition) is 1. The van der Waals surface area contributed by atoms with Crippen LogP contribution in [0.25, 0.3) is 0 Å². The lowest BCUT2D eigenvalue weighted by Gasteiger charge is -2.14. The average molecular weight is 261 g/mol. The summed E-state index contributed by atoms with van der Waals surface area (Å²) >= 11 is 5.05. The predicted molar refractivity (Wildman–Crippen MR) is 61.0 cm³/mol. The largest absolute Gasteiger partial charge is 0.302 e. The highest BCUT2D eigenvalue weighted by Gasteiger charge is 2.10. The van der Waals surface area contributed by atoms with Gasteiger partial charge in [0, 0.05) is 6.04 Å². The highest BCUT2D eigenvalue weighted by Crippen LogP contribution is 2.24. The fourth-order valence-corrected chi connectivity index (χ4v) is 2.26. The molecule has 0 bridgehead atoms. The van der Waals surface area contributed by atoms with Crippen LogP contribution in [0.3, 0.4) is 0 Å². The summed E-state index contributed by atoms with van der Waals surface area (Å²) in [6.45, 7) is 7.90. The van der Waals surface area contributed by atoms with Gasteiger partial charge in [0.25, 0.3) is 0 Å². The van der Waals surface area contributed by atoms with E-state index in [1.165, 1.54) is 0 Å². The number of aromatic nitrogens is 1. The minimum absolute atomic E-state index is 0.282. The maximum Gasteiger partial charge on any atom is 0.110 e. The van der Waals surface area contributed by atoms with Gasteiger partial charge in [-0.3, -0.25) is 0 Å². The molecule has 2 nitrogen and oxygen atoms in total. The monoisotopic (exact) mass is 260 g/mol. The van der Waals surface area contributed by atoms with Crippen LogP contribution in [0.4, 0.5) is 0 Å². The van der Waals surface area contributed by atoms with Gasteiger partial charge in [-0.05, 0) is 29.8 Å². The first-order valence-electron chi connectivity index (χ1n) is 4.13. The van der Waals surface area contributed by atoms with Gasteiger partial charge in [-0.2, -0.15) is 0 Å². The SMILES string of the molecule is C=CC(C)NC(C)c1ncc(Br)s1. The lowest BCUT2D eigenvalue weighted by molar-refractivity contribution is 0.535. The van der Waals surface area contributed by atoms with Gasteiger partial charge in [0.05, 0.1) is 16.0 Å². The standard InChI is InChI=1S/C9H13BrN2S/c1-4-6(2)12-7(3)9-11-5-8(10)13-9/h4-7,12H,1H2,2-3H3. The number of thiazole rings is 1. The molecule has 0 saturated carbocycles. The van der Waals surface area contributed by atoms with Crippen molar-refractivity contribution in [3.05, 3.63) is 27.6 Å². The van der Waals surface area contributed by atoms with Crippen LogP contribution in [0.1, 0.15) is 24.9 Å². The highest BCUT2D eigenvalue weighted by molar-refractivity contribution is 9.11. The second-order valence-corrected chi connectivity index (χ2v) is 5.36. The molecule has 2 unspecified atom stereocenters. The van der Waals surface area contributed by atoms with Crippen molar-refractivity contribution in [2.24, 2.45) is 0 Å². The Bertz CT molecular complexity index is 285. The first kappa shape index (κ1) is 10.9. The Hall–Kier alpha value is -0.190. The van der Waals surface area contributed by atoms with Crippen LogP contribution in [0, 0.1) is 0 Å². The lowest BCUT2D eigenvalue weighted by atomic mass is 10.2. The predicted octanol–water partition coefficient (Wildman–Crippen LogP) is 3.13. The van der Waals surface area contributed by atoms with E-state index in [2.05, 4.69) is 46.7 Å². The van der Waals surface area contributed by atoms with E-state index in [1.807, 2.05) is 12.3 Å². The average Bonchev–Trinajstić information content (AvgIpc) is 2.51. The molecule has 1 aromatic rings. The molecule has 1 heterocycles. The Kier molecular flexibility index (Phi) is 4.09. The van der Waals surface area contributed by atoms with Crippen molar-refractivity contribution in [2.75, 3.05) is 0 Å². The number of nitrogens with zero attached hydrogens (tertiary/aromatic N) is 1. The van der Waals surface area contributed by atoms with Crippen molar-refractivity contribution in [3.8, 4) is 0 Å². The molecule has 0 aliphatic carbocycles. The molecule has 1 rings (SSSR count). The van der Waals surface area contributed by atoms with Gasteiger partial charge in [0.15, 0.2) is 0 Å². The zero-order chi connectivity index (χ0) is 9.84. The minimum atomic E-state index is 0.282. The van der Waals surface area contributed by atoms with Crippen molar-refractivity contribution in [2.45, 2.75) is 25.9 Å². The van der Waals surface area contributed by atoms with Crippen molar-refractivity contribution in [1.29, 1.82) is 0 Å². The van der Waals surface area contributed by atoms with Crippen molar-refractivity contribution < 1.29 is 0 Å². The summed E-state index contributed by atoms with van der Waals surface area (Å²) in [5, 5.41) is 4.47. The van der Waals surface area contributed by atoms with Gasteiger partial charge >= 0.3 is 0 Å². The van der Waals surface area contributed by atoms with Crippen LogP contribution in [0.5, 0.6) is 0 Å². The molecule has 0 aliphatic heterocycles. The third kappa shape index (κ3) is 3.21. The van der Waals surface area contributed by atoms with Gasteiger partial charge in [0.1, 0.15) is 5.01 Å². The van der Waals surface area contributed by atoms with Gasteiger partial charge in [-0.15, -0.1) is 17.9 Å². The van der Waals surface area contributed by atoms with E-state index < -0.39 is 0 Å². The zero-order valence-corrected chi connectivity index (χ0v) is 10.2. The molecule has 0 fully saturated rings. The Balaban J connectivity index is 2.57. The Morgan fingerprint density at radius 2 is 2.38 bits per heavy atom. The molecule has 1 aromatic heterocycles. The number of rotatable bonds is 4. The molecule has 4 heteroatoms. The summed E-state index contributed by atoms with van der Waals surface area (Å²) in [6, 6.07) is 0.599. The maximum absolute atomic E-state index is 4.28.